The van der Waals surface area contributed by atoms with Crippen LogP contribution in [0.1, 0.15) is 46.0 Å². The Morgan fingerprint density at radius 2 is 1.64 bits per heavy atom. The number of amides is 2. The van der Waals surface area contributed by atoms with Gasteiger partial charge < -0.3 is 10.6 Å². The van der Waals surface area contributed by atoms with E-state index in [2.05, 4.69) is 29.7 Å². The van der Waals surface area contributed by atoms with E-state index in [9.17, 15) is 9.59 Å². The Labute approximate surface area is 148 Å². The molecule has 4 nitrogen and oxygen atoms in total. The maximum atomic E-state index is 12.2. The number of hydrogen-bond acceptors (Lipinski definition) is 2. The summed E-state index contributed by atoms with van der Waals surface area (Å²) in [6.07, 6.45) is 4.29. The molecule has 0 aliphatic heterocycles. The highest BCUT2D eigenvalue weighted by Crippen LogP contribution is 2.22. The lowest BCUT2D eigenvalue weighted by atomic mass is 10.1. The van der Waals surface area contributed by atoms with E-state index in [-0.39, 0.29) is 18.4 Å². The molecule has 0 saturated heterocycles. The third-order valence-electron chi connectivity index (χ3n) is 4.69. The van der Waals surface area contributed by atoms with E-state index in [1.807, 2.05) is 30.3 Å². The quantitative estimate of drug-likeness (QED) is 0.852. The van der Waals surface area contributed by atoms with E-state index in [1.54, 1.807) is 0 Å². The van der Waals surface area contributed by atoms with Crippen molar-refractivity contribution in [2.24, 2.45) is 0 Å². The zero-order chi connectivity index (χ0) is 17.6. The maximum Gasteiger partial charge on any atom is 0.251 e. The second-order valence-electron chi connectivity index (χ2n) is 6.47. The van der Waals surface area contributed by atoms with Gasteiger partial charge in [-0.2, -0.15) is 0 Å². The predicted octanol–water partition coefficient (Wildman–Crippen LogP) is 2.78. The summed E-state index contributed by atoms with van der Waals surface area (Å²) < 4.78 is 0. The second-order valence-corrected chi connectivity index (χ2v) is 6.47. The third kappa shape index (κ3) is 4.47. The number of rotatable bonds is 6. The normalized spacial score (nSPS) is 12.5. The molecule has 2 amide bonds. The molecule has 0 radical (unpaired) electrons. The molecule has 2 aromatic carbocycles. The predicted molar refractivity (Wildman–Crippen MR) is 98.5 cm³/mol. The summed E-state index contributed by atoms with van der Waals surface area (Å²) in [6, 6.07) is 14.0. The van der Waals surface area contributed by atoms with Crippen LogP contribution in [0.25, 0.3) is 0 Å². The molecule has 1 aliphatic rings. The average Bonchev–Trinajstić information content (AvgIpc) is 3.12. The molecule has 0 bridgehead atoms. The maximum absolute atomic E-state index is 12.2. The summed E-state index contributed by atoms with van der Waals surface area (Å²) in [4.78, 5) is 24.1. The van der Waals surface area contributed by atoms with Gasteiger partial charge in [0, 0.05) is 12.1 Å². The first kappa shape index (κ1) is 17.2. The van der Waals surface area contributed by atoms with Crippen molar-refractivity contribution >= 4 is 11.8 Å². The van der Waals surface area contributed by atoms with E-state index in [0.717, 1.165) is 31.2 Å². The lowest BCUT2D eigenvalue weighted by Gasteiger charge is -2.08. The minimum Gasteiger partial charge on any atom is -0.350 e. The van der Waals surface area contributed by atoms with E-state index >= 15 is 0 Å². The summed E-state index contributed by atoms with van der Waals surface area (Å²) in [5, 5.41) is 5.52. The molecule has 0 heterocycles. The minimum absolute atomic E-state index is 0.0110. The van der Waals surface area contributed by atoms with Crippen molar-refractivity contribution in [2.75, 3.05) is 6.54 Å². The largest absolute Gasteiger partial charge is 0.350 e. The molecule has 2 aromatic rings. The van der Waals surface area contributed by atoms with E-state index < -0.39 is 0 Å². The Morgan fingerprint density at radius 3 is 2.40 bits per heavy atom. The first-order valence-corrected chi connectivity index (χ1v) is 8.90. The third-order valence-corrected chi connectivity index (χ3v) is 4.69. The number of benzene rings is 2. The van der Waals surface area contributed by atoms with Crippen molar-refractivity contribution < 1.29 is 9.59 Å². The molecule has 130 valence electrons. The van der Waals surface area contributed by atoms with Gasteiger partial charge in [-0.25, -0.2) is 0 Å². The van der Waals surface area contributed by atoms with Gasteiger partial charge in [0.1, 0.15) is 0 Å². The molecule has 25 heavy (non-hydrogen) atoms. The van der Waals surface area contributed by atoms with Crippen LogP contribution >= 0.6 is 0 Å². The van der Waals surface area contributed by atoms with Gasteiger partial charge in [-0.3, -0.25) is 9.59 Å². The lowest BCUT2D eigenvalue weighted by molar-refractivity contribution is -0.120. The molecule has 0 fully saturated rings. The van der Waals surface area contributed by atoms with Crippen molar-refractivity contribution in [1.82, 2.24) is 10.6 Å². The Hall–Kier alpha value is -2.62. The molecular formula is C21H24N2O2. The van der Waals surface area contributed by atoms with Gasteiger partial charge in [0.15, 0.2) is 0 Å². The molecule has 3 rings (SSSR count). The minimum atomic E-state index is -0.197. The van der Waals surface area contributed by atoms with Crippen LogP contribution < -0.4 is 10.6 Å². The highest BCUT2D eigenvalue weighted by atomic mass is 16.2. The van der Waals surface area contributed by atoms with Crippen molar-refractivity contribution in [3.05, 3.63) is 70.3 Å². The molecular weight excluding hydrogens is 312 g/mol. The van der Waals surface area contributed by atoms with Gasteiger partial charge in [-0.05, 0) is 60.1 Å². The summed E-state index contributed by atoms with van der Waals surface area (Å²) in [5.41, 5.74) is 5.55. The SMILES string of the molecule is CCc1ccc(CNC(=O)CNC(=O)c2ccc3c(c2)CCC3)cc1. The topological polar surface area (TPSA) is 58.2 Å². The van der Waals surface area contributed by atoms with E-state index in [4.69, 9.17) is 0 Å². The summed E-state index contributed by atoms with van der Waals surface area (Å²) in [7, 11) is 0. The molecule has 0 unspecified atom stereocenters. The van der Waals surface area contributed by atoms with Crippen LogP contribution in [0, 0.1) is 0 Å². The number of carbonyl (C=O) groups excluding carboxylic acids is 2. The second kappa shape index (κ2) is 7.97. The van der Waals surface area contributed by atoms with Crippen LogP contribution in [0.4, 0.5) is 0 Å². The fraction of sp³-hybridized carbons (Fsp3) is 0.333. The first-order chi connectivity index (χ1) is 12.2. The molecule has 2 N–H and O–H groups in total. The first-order valence-electron chi connectivity index (χ1n) is 8.90. The highest BCUT2D eigenvalue weighted by Gasteiger charge is 2.14. The fourth-order valence-electron chi connectivity index (χ4n) is 3.13. The Bertz CT molecular complexity index is 766. The van der Waals surface area contributed by atoms with Crippen molar-refractivity contribution in [2.45, 2.75) is 39.2 Å². The molecule has 4 heteroatoms. The summed E-state index contributed by atoms with van der Waals surface area (Å²) in [5.74, 6) is -0.383. The van der Waals surface area contributed by atoms with Gasteiger partial charge >= 0.3 is 0 Å². The summed E-state index contributed by atoms with van der Waals surface area (Å²) >= 11 is 0. The van der Waals surface area contributed by atoms with Crippen LogP contribution in [0.5, 0.6) is 0 Å². The highest BCUT2D eigenvalue weighted by molar-refractivity contribution is 5.96. The van der Waals surface area contributed by atoms with Gasteiger partial charge in [-0.15, -0.1) is 0 Å². The van der Waals surface area contributed by atoms with E-state index in [0.29, 0.717) is 12.1 Å². The van der Waals surface area contributed by atoms with Crippen molar-refractivity contribution in [3.8, 4) is 0 Å². The van der Waals surface area contributed by atoms with Gasteiger partial charge in [-0.1, -0.05) is 37.3 Å². The fourth-order valence-corrected chi connectivity index (χ4v) is 3.13. The van der Waals surface area contributed by atoms with Gasteiger partial charge in [0.25, 0.3) is 5.91 Å². The number of carbonyl (C=O) groups is 2. The molecule has 0 aromatic heterocycles. The zero-order valence-electron chi connectivity index (χ0n) is 14.6. The molecule has 0 saturated carbocycles. The van der Waals surface area contributed by atoms with Gasteiger partial charge in [0.2, 0.25) is 5.91 Å². The van der Waals surface area contributed by atoms with Crippen molar-refractivity contribution in [1.29, 1.82) is 0 Å². The number of aryl methyl sites for hydroxylation is 3. The van der Waals surface area contributed by atoms with Crippen molar-refractivity contribution in [3.63, 3.8) is 0 Å². The summed E-state index contributed by atoms with van der Waals surface area (Å²) in [6.45, 7) is 2.57. The number of hydrogen-bond donors (Lipinski definition) is 2. The Morgan fingerprint density at radius 1 is 0.920 bits per heavy atom. The zero-order valence-corrected chi connectivity index (χ0v) is 14.6. The van der Waals surface area contributed by atoms with Crippen LogP contribution in [0.15, 0.2) is 42.5 Å². The van der Waals surface area contributed by atoms with Crippen LogP contribution in [-0.2, 0) is 30.6 Å². The monoisotopic (exact) mass is 336 g/mol. The van der Waals surface area contributed by atoms with Crippen LogP contribution in [0.2, 0.25) is 0 Å². The number of fused-ring (bicyclic) bond motifs is 1. The Kier molecular flexibility index (Phi) is 5.49. The van der Waals surface area contributed by atoms with Crippen LogP contribution in [0.3, 0.4) is 0 Å². The smallest absolute Gasteiger partial charge is 0.251 e. The van der Waals surface area contributed by atoms with Crippen LogP contribution in [-0.4, -0.2) is 18.4 Å². The molecule has 0 atom stereocenters. The average molecular weight is 336 g/mol. The van der Waals surface area contributed by atoms with E-state index in [1.165, 1.54) is 16.7 Å². The number of nitrogens with one attached hydrogen (secondary N) is 2. The Balaban J connectivity index is 1.46. The molecule has 1 aliphatic carbocycles. The van der Waals surface area contributed by atoms with Gasteiger partial charge in [0.05, 0.1) is 6.54 Å². The lowest BCUT2D eigenvalue weighted by Crippen LogP contribution is -2.36. The molecule has 0 spiro atoms. The standard InChI is InChI=1S/C21H24N2O2/c1-2-15-6-8-16(9-7-15)13-22-20(24)14-23-21(25)19-11-10-17-4-3-5-18(17)12-19/h6-12H,2-5,13-14H2,1H3,(H,22,24)(H,23,25).